The Bertz CT molecular complexity index is 392. The Morgan fingerprint density at radius 1 is 0.810 bits per heavy atom. The van der Waals surface area contributed by atoms with E-state index < -0.39 is 5.79 Å². The molecule has 0 N–H and O–H groups in total. The van der Waals surface area contributed by atoms with Crippen LogP contribution in [0, 0.1) is 0 Å². The van der Waals surface area contributed by atoms with Gasteiger partial charge in [0.1, 0.15) is 6.42 Å². The van der Waals surface area contributed by atoms with E-state index in [1.54, 1.807) is 9.80 Å². The van der Waals surface area contributed by atoms with Crippen LogP contribution in [0.2, 0.25) is 0 Å². The molecule has 1 spiro atoms. The number of nitrogens with zero attached hydrogens (tertiary/aromatic N) is 2. The molecule has 0 aromatic rings. The van der Waals surface area contributed by atoms with Crippen LogP contribution in [0.25, 0.3) is 0 Å². The highest BCUT2D eigenvalue weighted by Crippen LogP contribution is 2.31. The van der Waals surface area contributed by atoms with Crippen LogP contribution in [0.4, 0.5) is 0 Å². The van der Waals surface area contributed by atoms with E-state index >= 15 is 0 Å². The number of carbonyl (C=O) groups is 2. The zero-order valence-corrected chi connectivity index (χ0v) is 12.2. The van der Waals surface area contributed by atoms with Gasteiger partial charge in [-0.05, 0) is 0 Å². The van der Waals surface area contributed by atoms with E-state index in [2.05, 4.69) is 0 Å². The van der Waals surface area contributed by atoms with Gasteiger partial charge in [-0.2, -0.15) is 0 Å². The van der Waals surface area contributed by atoms with E-state index in [4.69, 9.17) is 14.2 Å². The summed E-state index contributed by atoms with van der Waals surface area (Å²) >= 11 is 0. The number of hydrogen-bond acceptors (Lipinski definition) is 5. The molecule has 3 saturated heterocycles. The van der Waals surface area contributed by atoms with Crippen molar-refractivity contribution in [1.82, 2.24) is 9.80 Å². The quantitative estimate of drug-likeness (QED) is 0.649. The van der Waals surface area contributed by atoms with E-state index in [-0.39, 0.29) is 18.2 Å². The van der Waals surface area contributed by atoms with Gasteiger partial charge in [-0.3, -0.25) is 9.59 Å². The number of piperidine rings is 1. The first kappa shape index (κ1) is 14.7. The number of amides is 2. The predicted octanol–water partition coefficient (Wildman–Crippen LogP) is -0.399. The van der Waals surface area contributed by atoms with Crippen molar-refractivity contribution in [3.05, 3.63) is 0 Å². The molecular weight excluding hydrogens is 276 g/mol. The highest BCUT2D eigenvalue weighted by molar-refractivity contribution is 5.97. The summed E-state index contributed by atoms with van der Waals surface area (Å²) in [7, 11) is 0. The first-order valence-corrected chi connectivity index (χ1v) is 7.60. The maximum atomic E-state index is 12.2. The van der Waals surface area contributed by atoms with Crippen LogP contribution < -0.4 is 0 Å². The molecule has 118 valence electrons. The van der Waals surface area contributed by atoms with E-state index in [1.165, 1.54) is 0 Å². The van der Waals surface area contributed by atoms with Crippen molar-refractivity contribution in [2.45, 2.75) is 25.0 Å². The Kier molecular flexibility index (Phi) is 4.42. The second-order valence-corrected chi connectivity index (χ2v) is 5.66. The maximum Gasteiger partial charge on any atom is 0.232 e. The third kappa shape index (κ3) is 3.36. The Morgan fingerprint density at radius 3 is 1.90 bits per heavy atom. The summed E-state index contributed by atoms with van der Waals surface area (Å²) in [6, 6.07) is 0. The molecular formula is C14H22N2O5. The topological polar surface area (TPSA) is 68.3 Å². The molecule has 2 amide bonds. The van der Waals surface area contributed by atoms with Crippen LogP contribution in [-0.4, -0.2) is 80.0 Å². The lowest BCUT2D eigenvalue weighted by atomic mass is 10.0. The summed E-state index contributed by atoms with van der Waals surface area (Å²) in [5.41, 5.74) is 0. The average Bonchev–Trinajstić information content (AvgIpc) is 2.97. The van der Waals surface area contributed by atoms with Crippen molar-refractivity contribution < 1.29 is 23.8 Å². The van der Waals surface area contributed by atoms with Gasteiger partial charge in [-0.15, -0.1) is 0 Å². The SMILES string of the molecule is O=C(CC(=O)N1CCC2(CC1)OCCO2)N1CCOCC1. The Balaban J connectivity index is 1.46. The molecule has 21 heavy (non-hydrogen) atoms. The highest BCUT2D eigenvalue weighted by Gasteiger charge is 2.41. The summed E-state index contributed by atoms with van der Waals surface area (Å²) in [4.78, 5) is 27.7. The Labute approximate surface area is 124 Å². The molecule has 0 unspecified atom stereocenters. The van der Waals surface area contributed by atoms with Crippen LogP contribution in [0.15, 0.2) is 0 Å². The molecule has 3 aliphatic heterocycles. The smallest absolute Gasteiger partial charge is 0.232 e. The number of carbonyl (C=O) groups excluding carboxylic acids is 2. The third-order valence-corrected chi connectivity index (χ3v) is 4.36. The van der Waals surface area contributed by atoms with Gasteiger partial charge in [0.2, 0.25) is 11.8 Å². The zero-order chi connectivity index (χ0) is 14.7. The van der Waals surface area contributed by atoms with Crippen molar-refractivity contribution in [2.75, 3.05) is 52.6 Å². The van der Waals surface area contributed by atoms with Gasteiger partial charge in [0, 0.05) is 39.0 Å². The molecule has 0 aromatic carbocycles. The van der Waals surface area contributed by atoms with Crippen molar-refractivity contribution >= 4 is 11.8 Å². The minimum absolute atomic E-state index is 0.0469. The fourth-order valence-corrected chi connectivity index (χ4v) is 3.05. The lowest BCUT2D eigenvalue weighted by Crippen LogP contribution is -2.49. The van der Waals surface area contributed by atoms with Crippen molar-refractivity contribution in [3.63, 3.8) is 0 Å². The molecule has 3 fully saturated rings. The summed E-state index contributed by atoms with van der Waals surface area (Å²) in [6.45, 7) is 4.72. The van der Waals surface area contributed by atoms with Crippen LogP contribution in [0.3, 0.4) is 0 Å². The normalized spacial score (nSPS) is 25.3. The molecule has 3 heterocycles. The first-order chi connectivity index (χ1) is 10.2. The molecule has 3 aliphatic rings. The summed E-state index contributed by atoms with van der Waals surface area (Å²) in [5.74, 6) is -0.679. The van der Waals surface area contributed by atoms with Gasteiger partial charge in [0.05, 0.1) is 26.4 Å². The fraction of sp³-hybridized carbons (Fsp3) is 0.857. The Hall–Kier alpha value is -1.18. The molecule has 0 bridgehead atoms. The van der Waals surface area contributed by atoms with Crippen LogP contribution in [0.1, 0.15) is 19.3 Å². The maximum absolute atomic E-state index is 12.2. The van der Waals surface area contributed by atoms with Gasteiger partial charge in [0.15, 0.2) is 5.79 Å². The number of rotatable bonds is 2. The molecule has 7 heteroatoms. The predicted molar refractivity (Wildman–Crippen MR) is 72.5 cm³/mol. The number of ether oxygens (including phenoxy) is 3. The molecule has 0 saturated carbocycles. The van der Waals surface area contributed by atoms with Crippen molar-refractivity contribution in [1.29, 1.82) is 0 Å². The standard InChI is InChI=1S/C14H22N2O5/c17-12(11-13(18)16-5-7-19-8-6-16)15-3-1-14(2-4-15)20-9-10-21-14/h1-11H2. The minimum atomic E-state index is -0.481. The Morgan fingerprint density at radius 2 is 1.33 bits per heavy atom. The molecule has 3 rings (SSSR count). The summed E-state index contributed by atoms with van der Waals surface area (Å²) in [5, 5.41) is 0. The highest BCUT2D eigenvalue weighted by atomic mass is 16.7. The number of likely N-dealkylation sites (tertiary alicyclic amines) is 1. The first-order valence-electron chi connectivity index (χ1n) is 7.60. The second kappa shape index (κ2) is 6.29. The largest absolute Gasteiger partial charge is 0.378 e. The van der Waals surface area contributed by atoms with E-state index in [9.17, 15) is 9.59 Å². The van der Waals surface area contributed by atoms with Gasteiger partial charge in [0.25, 0.3) is 0 Å². The van der Waals surface area contributed by atoms with Crippen LogP contribution >= 0.6 is 0 Å². The summed E-state index contributed by atoms with van der Waals surface area (Å²) < 4.78 is 16.5. The zero-order valence-electron chi connectivity index (χ0n) is 12.2. The van der Waals surface area contributed by atoms with Gasteiger partial charge >= 0.3 is 0 Å². The third-order valence-electron chi connectivity index (χ3n) is 4.36. The minimum Gasteiger partial charge on any atom is -0.378 e. The monoisotopic (exact) mass is 298 g/mol. The number of hydrogen-bond donors (Lipinski definition) is 0. The molecule has 0 atom stereocenters. The van der Waals surface area contributed by atoms with Gasteiger partial charge in [-0.1, -0.05) is 0 Å². The van der Waals surface area contributed by atoms with E-state index in [0.717, 1.165) is 0 Å². The van der Waals surface area contributed by atoms with Crippen LogP contribution in [-0.2, 0) is 23.8 Å². The molecule has 0 aliphatic carbocycles. The van der Waals surface area contributed by atoms with E-state index in [0.29, 0.717) is 65.4 Å². The molecule has 7 nitrogen and oxygen atoms in total. The summed E-state index contributed by atoms with van der Waals surface area (Å²) in [6.07, 6.45) is 1.32. The molecule has 0 aromatic heterocycles. The van der Waals surface area contributed by atoms with Crippen molar-refractivity contribution in [2.24, 2.45) is 0 Å². The lowest BCUT2D eigenvalue weighted by Gasteiger charge is -2.37. The second-order valence-electron chi connectivity index (χ2n) is 5.66. The van der Waals surface area contributed by atoms with E-state index in [1.807, 2.05) is 0 Å². The van der Waals surface area contributed by atoms with Gasteiger partial charge in [-0.25, -0.2) is 0 Å². The van der Waals surface area contributed by atoms with Crippen LogP contribution in [0.5, 0.6) is 0 Å². The van der Waals surface area contributed by atoms with Gasteiger partial charge < -0.3 is 24.0 Å². The van der Waals surface area contributed by atoms with Crippen molar-refractivity contribution in [3.8, 4) is 0 Å². The average molecular weight is 298 g/mol. The lowest BCUT2D eigenvalue weighted by molar-refractivity contribution is -0.187. The fourth-order valence-electron chi connectivity index (χ4n) is 3.05. The number of morpholine rings is 1. The molecule has 0 radical (unpaired) electrons.